The van der Waals surface area contributed by atoms with Gasteiger partial charge < -0.3 is 15.0 Å². The predicted octanol–water partition coefficient (Wildman–Crippen LogP) is 3.83. The molecule has 1 aromatic heterocycles. The average molecular weight is 465 g/mol. The van der Waals surface area contributed by atoms with Gasteiger partial charge in [-0.2, -0.15) is 0 Å². The van der Waals surface area contributed by atoms with E-state index < -0.39 is 5.97 Å². The molecule has 8 nitrogen and oxygen atoms in total. The fraction of sp³-hybridized carbons (Fsp3) is 0.292. The number of nitrogens with zero attached hydrogens (tertiary/aromatic N) is 3. The third kappa shape index (κ3) is 5.81. The van der Waals surface area contributed by atoms with Crippen molar-refractivity contribution in [3.8, 4) is 0 Å². The van der Waals surface area contributed by atoms with Gasteiger partial charge in [-0.05, 0) is 48.2 Å². The number of carbonyl (C=O) groups excluding carboxylic acids is 3. The van der Waals surface area contributed by atoms with E-state index in [1.165, 1.54) is 5.56 Å². The number of ether oxygens (including phenoxy) is 1. The normalized spacial score (nSPS) is 13.2. The largest absolute Gasteiger partial charge is 0.455 e. The summed E-state index contributed by atoms with van der Waals surface area (Å²) in [5.41, 5.74) is 3.14. The van der Waals surface area contributed by atoms with Crippen LogP contribution in [0.2, 0.25) is 0 Å². The van der Waals surface area contributed by atoms with Crippen molar-refractivity contribution in [1.82, 2.24) is 15.1 Å². The second kappa shape index (κ2) is 10.4. The first-order chi connectivity index (χ1) is 16.0. The van der Waals surface area contributed by atoms with Crippen molar-refractivity contribution in [1.29, 1.82) is 0 Å². The maximum absolute atomic E-state index is 12.5. The van der Waals surface area contributed by atoms with Crippen LogP contribution in [0.1, 0.15) is 56.1 Å². The maximum Gasteiger partial charge on any atom is 0.338 e. The Kier molecular flexibility index (Phi) is 7.09. The average Bonchev–Trinajstić information content (AvgIpc) is 3.47. The van der Waals surface area contributed by atoms with Crippen LogP contribution in [-0.4, -0.2) is 39.4 Å². The highest BCUT2D eigenvalue weighted by Gasteiger charge is 2.20. The van der Waals surface area contributed by atoms with Crippen LogP contribution in [0.25, 0.3) is 0 Å². The van der Waals surface area contributed by atoms with Gasteiger partial charge >= 0.3 is 5.97 Å². The Morgan fingerprint density at radius 3 is 2.67 bits per heavy atom. The third-order valence-corrected chi connectivity index (χ3v) is 6.21. The van der Waals surface area contributed by atoms with Crippen molar-refractivity contribution in [2.45, 2.75) is 39.3 Å². The van der Waals surface area contributed by atoms with Crippen LogP contribution >= 0.6 is 11.3 Å². The fourth-order valence-electron chi connectivity index (χ4n) is 3.51. The zero-order chi connectivity index (χ0) is 23.2. The molecule has 0 spiro atoms. The monoisotopic (exact) mass is 464 g/mol. The Morgan fingerprint density at radius 2 is 1.94 bits per heavy atom. The molecule has 9 heteroatoms. The summed E-state index contributed by atoms with van der Waals surface area (Å²) in [6.45, 7) is 3.21. The summed E-state index contributed by atoms with van der Waals surface area (Å²) in [7, 11) is 0. The SMILES string of the molecule is CCc1ccc(NC(=O)c2nnc(COC(=O)c3cccc(CN4CCCC4=O)c3)s2)cc1. The summed E-state index contributed by atoms with van der Waals surface area (Å²) in [5.74, 6) is -0.725. The number of carbonyl (C=O) groups is 3. The van der Waals surface area contributed by atoms with Crippen molar-refractivity contribution >= 4 is 34.8 Å². The minimum Gasteiger partial charge on any atom is -0.455 e. The number of rotatable bonds is 8. The lowest BCUT2D eigenvalue weighted by Gasteiger charge is -2.15. The lowest BCUT2D eigenvalue weighted by molar-refractivity contribution is -0.128. The number of aryl methyl sites for hydroxylation is 1. The summed E-state index contributed by atoms with van der Waals surface area (Å²) < 4.78 is 5.35. The zero-order valence-corrected chi connectivity index (χ0v) is 19.1. The summed E-state index contributed by atoms with van der Waals surface area (Å²) >= 11 is 1.07. The van der Waals surface area contributed by atoms with E-state index in [1.54, 1.807) is 23.1 Å². The number of esters is 1. The molecule has 0 bridgehead atoms. The molecule has 0 radical (unpaired) electrons. The second-order valence-electron chi connectivity index (χ2n) is 7.70. The third-order valence-electron chi connectivity index (χ3n) is 5.32. The number of aromatic nitrogens is 2. The van der Waals surface area contributed by atoms with Gasteiger partial charge in [0.15, 0.2) is 5.01 Å². The molecule has 33 heavy (non-hydrogen) atoms. The molecule has 2 heterocycles. The number of hydrogen-bond donors (Lipinski definition) is 1. The molecule has 0 saturated carbocycles. The maximum atomic E-state index is 12.5. The summed E-state index contributed by atoms with van der Waals surface area (Å²) in [6.07, 6.45) is 2.37. The van der Waals surface area contributed by atoms with Crippen LogP contribution in [0.3, 0.4) is 0 Å². The van der Waals surface area contributed by atoms with Crippen molar-refractivity contribution in [3.05, 3.63) is 75.2 Å². The molecule has 0 unspecified atom stereocenters. The summed E-state index contributed by atoms with van der Waals surface area (Å²) in [6, 6.07) is 14.7. The molecule has 1 fully saturated rings. The highest BCUT2D eigenvalue weighted by Crippen LogP contribution is 2.18. The van der Waals surface area contributed by atoms with E-state index in [4.69, 9.17) is 4.74 Å². The molecule has 3 aromatic rings. The Bertz CT molecular complexity index is 1160. The Morgan fingerprint density at radius 1 is 1.12 bits per heavy atom. The molecule has 4 rings (SSSR count). The molecule has 2 aromatic carbocycles. The van der Waals surface area contributed by atoms with Crippen LogP contribution < -0.4 is 5.32 Å². The van der Waals surface area contributed by atoms with E-state index >= 15 is 0 Å². The number of amides is 2. The molecule has 2 amide bonds. The lowest BCUT2D eigenvalue weighted by atomic mass is 10.1. The smallest absolute Gasteiger partial charge is 0.338 e. The Balaban J connectivity index is 1.31. The number of likely N-dealkylation sites (tertiary alicyclic amines) is 1. The van der Waals surface area contributed by atoms with Gasteiger partial charge in [0.2, 0.25) is 10.9 Å². The molecule has 1 aliphatic heterocycles. The first-order valence-electron chi connectivity index (χ1n) is 10.8. The van der Waals surface area contributed by atoms with Crippen molar-refractivity contribution in [3.63, 3.8) is 0 Å². The first kappa shape index (κ1) is 22.6. The van der Waals surface area contributed by atoms with Crippen molar-refractivity contribution in [2.24, 2.45) is 0 Å². The standard InChI is InChI=1S/C24H24N4O4S/c1-2-16-8-10-19(11-9-16)25-22(30)23-27-26-20(33-23)15-32-24(31)18-6-3-5-17(13-18)14-28-12-4-7-21(28)29/h3,5-6,8-11,13H,2,4,7,12,14-15H2,1H3,(H,25,30). The van der Waals surface area contributed by atoms with Gasteiger partial charge in [-0.1, -0.05) is 42.5 Å². The highest BCUT2D eigenvalue weighted by atomic mass is 32.1. The molecular weight excluding hydrogens is 440 g/mol. The van der Waals surface area contributed by atoms with Gasteiger partial charge in [-0.3, -0.25) is 9.59 Å². The predicted molar refractivity (Wildman–Crippen MR) is 124 cm³/mol. The van der Waals surface area contributed by atoms with Crippen LogP contribution in [0, 0.1) is 0 Å². The minimum atomic E-state index is -0.498. The van der Waals surface area contributed by atoms with E-state index in [1.807, 2.05) is 30.3 Å². The zero-order valence-electron chi connectivity index (χ0n) is 18.2. The molecule has 1 saturated heterocycles. The quantitative estimate of drug-likeness (QED) is 0.509. The molecule has 1 aliphatic rings. The van der Waals surface area contributed by atoms with E-state index in [9.17, 15) is 14.4 Å². The van der Waals surface area contributed by atoms with Crippen LogP contribution in [0.5, 0.6) is 0 Å². The number of anilines is 1. The second-order valence-corrected chi connectivity index (χ2v) is 8.76. The number of benzene rings is 2. The van der Waals surface area contributed by atoms with E-state index in [0.29, 0.717) is 29.2 Å². The van der Waals surface area contributed by atoms with Gasteiger partial charge in [-0.25, -0.2) is 4.79 Å². The Hall–Kier alpha value is -3.59. The fourth-order valence-corrected chi connectivity index (χ4v) is 4.16. The molecule has 170 valence electrons. The van der Waals surface area contributed by atoms with Crippen LogP contribution in [0.15, 0.2) is 48.5 Å². The lowest BCUT2D eigenvalue weighted by Crippen LogP contribution is -2.23. The van der Waals surface area contributed by atoms with Crippen LogP contribution in [0.4, 0.5) is 5.69 Å². The van der Waals surface area contributed by atoms with Crippen LogP contribution in [-0.2, 0) is 29.1 Å². The van der Waals surface area contributed by atoms with E-state index in [0.717, 1.165) is 36.3 Å². The van der Waals surface area contributed by atoms with Gasteiger partial charge in [0, 0.05) is 25.2 Å². The van der Waals surface area contributed by atoms with E-state index in [2.05, 4.69) is 22.4 Å². The van der Waals surface area contributed by atoms with Gasteiger partial charge in [0.25, 0.3) is 5.91 Å². The number of hydrogen-bond acceptors (Lipinski definition) is 7. The van der Waals surface area contributed by atoms with Gasteiger partial charge in [0.1, 0.15) is 6.61 Å². The minimum absolute atomic E-state index is 0.0795. The van der Waals surface area contributed by atoms with Crippen molar-refractivity contribution < 1.29 is 19.1 Å². The Labute approximate surface area is 195 Å². The summed E-state index contributed by atoms with van der Waals surface area (Å²) in [4.78, 5) is 38.5. The van der Waals surface area contributed by atoms with E-state index in [-0.39, 0.29) is 23.4 Å². The topological polar surface area (TPSA) is 101 Å². The van der Waals surface area contributed by atoms with Gasteiger partial charge in [-0.15, -0.1) is 10.2 Å². The molecule has 1 N–H and O–H groups in total. The van der Waals surface area contributed by atoms with Gasteiger partial charge in [0.05, 0.1) is 5.56 Å². The van der Waals surface area contributed by atoms with Crippen molar-refractivity contribution in [2.75, 3.05) is 11.9 Å². The molecule has 0 atom stereocenters. The number of nitrogens with one attached hydrogen (secondary N) is 1. The summed E-state index contributed by atoms with van der Waals surface area (Å²) in [5, 5.41) is 11.3. The first-order valence-corrected chi connectivity index (χ1v) is 11.6. The highest BCUT2D eigenvalue weighted by molar-refractivity contribution is 7.13. The molecular formula is C24H24N4O4S. The molecule has 0 aliphatic carbocycles.